The first-order chi connectivity index (χ1) is 7.51. The third-order valence-corrected chi connectivity index (χ3v) is 1.70. The number of nitrogens with zero attached hydrogens (tertiary/aromatic N) is 2. The maximum Gasteiger partial charge on any atom is 0.320 e. The van der Waals surface area contributed by atoms with E-state index >= 15 is 0 Å². The van der Waals surface area contributed by atoms with Crippen LogP contribution in [0.3, 0.4) is 0 Å². The van der Waals surface area contributed by atoms with Gasteiger partial charge in [0.05, 0.1) is 12.1 Å². The molecule has 0 aromatic carbocycles. The van der Waals surface area contributed by atoms with Gasteiger partial charge in [0.15, 0.2) is 5.92 Å². The zero-order valence-electron chi connectivity index (χ0n) is 8.42. The van der Waals surface area contributed by atoms with Gasteiger partial charge in [0.2, 0.25) is 0 Å². The summed E-state index contributed by atoms with van der Waals surface area (Å²) in [7, 11) is 0. The minimum absolute atomic E-state index is 0.0437. The van der Waals surface area contributed by atoms with Crippen molar-refractivity contribution in [1.29, 1.82) is 10.5 Å². The Labute approximate surface area is 92.0 Å². The van der Waals surface area contributed by atoms with E-state index in [0.717, 1.165) is 0 Å². The molecular formula is C9H11N3O4. The third-order valence-electron chi connectivity index (χ3n) is 1.70. The minimum Gasteiger partial charge on any atom is -0.480 e. The van der Waals surface area contributed by atoms with Gasteiger partial charge in [-0.1, -0.05) is 0 Å². The van der Waals surface area contributed by atoms with Crippen LogP contribution < -0.4 is 5.73 Å². The lowest BCUT2D eigenvalue weighted by atomic mass is 10.2. The molecule has 7 heteroatoms. The van der Waals surface area contributed by atoms with Crippen LogP contribution in [0, 0.1) is 28.6 Å². The molecule has 0 saturated carbocycles. The minimum atomic E-state index is -1.19. The molecule has 0 aliphatic heterocycles. The molecule has 0 aromatic heterocycles. The van der Waals surface area contributed by atoms with Gasteiger partial charge < -0.3 is 15.6 Å². The number of ether oxygens (including phenoxy) is 1. The second kappa shape index (κ2) is 7.21. The van der Waals surface area contributed by atoms with Crippen LogP contribution in [0.2, 0.25) is 0 Å². The topological polar surface area (TPSA) is 137 Å². The maximum absolute atomic E-state index is 11.0. The molecule has 1 atom stereocenters. The van der Waals surface area contributed by atoms with Crippen molar-refractivity contribution in [2.24, 2.45) is 11.7 Å². The van der Waals surface area contributed by atoms with E-state index in [0.29, 0.717) is 0 Å². The van der Waals surface area contributed by atoms with Gasteiger partial charge in [0, 0.05) is 6.42 Å². The van der Waals surface area contributed by atoms with E-state index in [-0.39, 0.29) is 19.4 Å². The van der Waals surface area contributed by atoms with Gasteiger partial charge in [0.1, 0.15) is 12.6 Å². The van der Waals surface area contributed by atoms with E-state index in [1.54, 1.807) is 12.1 Å². The van der Waals surface area contributed by atoms with Crippen LogP contribution in [0.4, 0.5) is 0 Å². The molecular weight excluding hydrogens is 214 g/mol. The van der Waals surface area contributed by atoms with Crippen molar-refractivity contribution in [3.05, 3.63) is 0 Å². The summed E-state index contributed by atoms with van der Waals surface area (Å²) < 4.78 is 4.58. The zero-order chi connectivity index (χ0) is 12.6. The van der Waals surface area contributed by atoms with E-state index in [9.17, 15) is 9.59 Å². The highest BCUT2D eigenvalue weighted by atomic mass is 16.5. The van der Waals surface area contributed by atoms with Gasteiger partial charge in [-0.25, -0.2) is 0 Å². The maximum atomic E-state index is 11.0. The molecule has 86 valence electrons. The van der Waals surface area contributed by atoms with E-state index < -0.39 is 23.9 Å². The first kappa shape index (κ1) is 13.9. The summed E-state index contributed by atoms with van der Waals surface area (Å²) in [6.45, 7) is -0.311. The number of hydrogen-bond acceptors (Lipinski definition) is 6. The highest BCUT2D eigenvalue weighted by Gasteiger charge is 2.15. The van der Waals surface area contributed by atoms with E-state index in [1.807, 2.05) is 0 Å². The Bertz CT molecular complexity index is 328. The molecule has 0 aromatic rings. The van der Waals surface area contributed by atoms with Crippen LogP contribution in [-0.2, 0) is 14.3 Å². The van der Waals surface area contributed by atoms with E-state index in [4.69, 9.17) is 21.4 Å². The number of carbonyl (C=O) groups excluding carboxylic acids is 1. The van der Waals surface area contributed by atoms with Crippen molar-refractivity contribution in [2.45, 2.75) is 18.9 Å². The number of carboxylic acids is 1. The number of carboxylic acid groups (broad SMARTS) is 1. The first-order valence-electron chi connectivity index (χ1n) is 4.44. The van der Waals surface area contributed by atoms with Gasteiger partial charge in [-0.15, -0.1) is 0 Å². The summed E-state index contributed by atoms with van der Waals surface area (Å²) in [5.41, 5.74) is 5.16. The number of carbonyl (C=O) groups is 2. The Morgan fingerprint density at radius 1 is 1.38 bits per heavy atom. The molecule has 0 unspecified atom stereocenters. The largest absolute Gasteiger partial charge is 0.480 e. The third kappa shape index (κ3) is 5.58. The lowest BCUT2D eigenvalue weighted by Crippen LogP contribution is -2.30. The fraction of sp³-hybridized carbons (Fsp3) is 0.556. The number of esters is 1. The van der Waals surface area contributed by atoms with Gasteiger partial charge in [-0.3, -0.25) is 9.59 Å². The molecule has 0 fully saturated rings. The molecule has 0 rings (SSSR count). The summed E-state index contributed by atoms with van der Waals surface area (Å²) in [6.07, 6.45) is -0.199. The Morgan fingerprint density at radius 3 is 2.38 bits per heavy atom. The monoisotopic (exact) mass is 225 g/mol. The highest BCUT2D eigenvalue weighted by Crippen LogP contribution is 2.00. The van der Waals surface area contributed by atoms with Gasteiger partial charge in [-0.2, -0.15) is 10.5 Å². The Kier molecular flexibility index (Phi) is 6.25. The Balaban J connectivity index is 3.81. The van der Waals surface area contributed by atoms with Crippen LogP contribution >= 0.6 is 0 Å². The van der Waals surface area contributed by atoms with E-state index in [2.05, 4.69) is 4.74 Å². The van der Waals surface area contributed by atoms with Crippen molar-refractivity contribution in [2.75, 3.05) is 6.61 Å². The molecule has 0 saturated heterocycles. The molecule has 0 heterocycles. The van der Waals surface area contributed by atoms with E-state index in [1.165, 1.54) is 0 Å². The predicted octanol–water partition coefficient (Wildman–Crippen LogP) is -0.615. The summed E-state index contributed by atoms with van der Waals surface area (Å²) in [4.78, 5) is 21.3. The molecule has 0 aliphatic rings. The first-order valence-corrected chi connectivity index (χ1v) is 4.44. The molecule has 7 nitrogen and oxygen atoms in total. The Morgan fingerprint density at radius 2 is 1.94 bits per heavy atom. The van der Waals surface area contributed by atoms with Crippen molar-refractivity contribution < 1.29 is 19.4 Å². The number of rotatable bonds is 6. The smallest absolute Gasteiger partial charge is 0.320 e. The van der Waals surface area contributed by atoms with Crippen molar-refractivity contribution >= 4 is 11.9 Å². The van der Waals surface area contributed by atoms with Crippen LogP contribution in [0.5, 0.6) is 0 Å². The summed E-state index contributed by atoms with van der Waals surface area (Å²) >= 11 is 0. The molecule has 0 aliphatic carbocycles. The van der Waals surface area contributed by atoms with Crippen molar-refractivity contribution in [3.8, 4) is 12.1 Å². The number of aliphatic carboxylic acids is 1. The summed E-state index contributed by atoms with van der Waals surface area (Å²) in [5, 5.41) is 25.2. The second-order valence-electron chi connectivity index (χ2n) is 2.98. The fourth-order valence-corrected chi connectivity index (χ4v) is 0.749. The average molecular weight is 225 g/mol. The average Bonchev–Trinajstić information content (AvgIpc) is 2.27. The molecule has 0 radical (unpaired) electrons. The molecule has 0 bridgehead atoms. The summed E-state index contributed by atoms with van der Waals surface area (Å²) in [6, 6.07) is 2.15. The molecule has 3 N–H and O–H groups in total. The van der Waals surface area contributed by atoms with Gasteiger partial charge in [-0.05, 0) is 6.42 Å². The number of nitriles is 2. The second-order valence-corrected chi connectivity index (χ2v) is 2.98. The highest BCUT2D eigenvalue weighted by molar-refractivity contribution is 5.75. The fourth-order valence-electron chi connectivity index (χ4n) is 0.749. The van der Waals surface area contributed by atoms with Gasteiger partial charge >= 0.3 is 11.9 Å². The number of nitrogens with two attached hydrogens (primary N) is 1. The van der Waals surface area contributed by atoms with Crippen molar-refractivity contribution in [1.82, 2.24) is 0 Å². The number of hydrogen-bond donors (Lipinski definition) is 2. The SMILES string of the molecule is N#CC(C#N)COC(=O)CC[C@H](N)C(=O)O. The van der Waals surface area contributed by atoms with Crippen molar-refractivity contribution in [3.63, 3.8) is 0 Å². The summed E-state index contributed by atoms with van der Waals surface area (Å²) in [5.74, 6) is -2.87. The molecule has 0 spiro atoms. The van der Waals surface area contributed by atoms with Crippen LogP contribution in [0.1, 0.15) is 12.8 Å². The van der Waals surface area contributed by atoms with Gasteiger partial charge in [0.25, 0.3) is 0 Å². The zero-order valence-corrected chi connectivity index (χ0v) is 8.42. The van der Waals surface area contributed by atoms with Crippen LogP contribution in [0.25, 0.3) is 0 Å². The predicted molar refractivity (Wildman–Crippen MR) is 50.5 cm³/mol. The molecule has 0 amide bonds. The van der Waals surface area contributed by atoms with Crippen LogP contribution in [-0.4, -0.2) is 29.7 Å². The lowest BCUT2D eigenvalue weighted by Gasteiger charge is -2.06. The normalized spacial score (nSPS) is 11.2. The molecule has 16 heavy (non-hydrogen) atoms. The lowest BCUT2D eigenvalue weighted by molar-refractivity contribution is -0.144. The Hall–Kier alpha value is -2.12. The quantitative estimate of drug-likeness (QED) is 0.574. The standard InChI is InChI=1S/C9H11N3O4/c10-3-6(4-11)5-16-8(13)2-1-7(12)9(14)15/h6-7H,1-2,5,12H2,(H,14,15)/t7-/m0/s1. The van der Waals surface area contributed by atoms with Crippen LogP contribution in [0.15, 0.2) is 0 Å².